The van der Waals surface area contributed by atoms with Crippen molar-refractivity contribution in [3.05, 3.63) is 53.1 Å². The summed E-state index contributed by atoms with van der Waals surface area (Å²) in [6.07, 6.45) is -5.08. The van der Waals surface area contributed by atoms with E-state index < -0.39 is 58.0 Å². The average molecular weight is 382 g/mol. The van der Waals surface area contributed by atoms with E-state index in [1.165, 1.54) is 6.92 Å². The summed E-state index contributed by atoms with van der Waals surface area (Å²) >= 11 is 0. The van der Waals surface area contributed by atoms with Crippen LogP contribution in [0.1, 0.15) is 17.3 Å². The van der Waals surface area contributed by atoms with Gasteiger partial charge in [-0.1, -0.05) is 12.1 Å². The molecule has 140 valence electrons. The summed E-state index contributed by atoms with van der Waals surface area (Å²) in [5, 5.41) is 0. The molecule has 2 aromatic rings. The monoisotopic (exact) mass is 382 g/mol. The van der Waals surface area contributed by atoms with Crippen LogP contribution >= 0.6 is 0 Å². The van der Waals surface area contributed by atoms with Gasteiger partial charge in [0.15, 0.2) is 23.3 Å². The molecule has 0 aliphatic carbocycles. The Labute approximate surface area is 141 Å². The zero-order valence-corrected chi connectivity index (χ0v) is 12.9. The molecule has 0 bridgehead atoms. The Morgan fingerprint density at radius 1 is 1.00 bits per heavy atom. The molecule has 2 aromatic carbocycles. The quantitative estimate of drug-likeness (QED) is 0.425. The van der Waals surface area contributed by atoms with Crippen LogP contribution in [0.3, 0.4) is 0 Å². The molecular weight excluding hydrogens is 373 g/mol. The van der Waals surface area contributed by atoms with Gasteiger partial charge in [0.1, 0.15) is 11.3 Å². The van der Waals surface area contributed by atoms with Crippen LogP contribution < -0.4 is 4.74 Å². The van der Waals surface area contributed by atoms with Gasteiger partial charge in [-0.05, 0) is 24.6 Å². The van der Waals surface area contributed by atoms with Gasteiger partial charge >= 0.3 is 12.3 Å². The van der Waals surface area contributed by atoms with Gasteiger partial charge in [0, 0.05) is 0 Å². The van der Waals surface area contributed by atoms with Gasteiger partial charge in [-0.25, -0.2) is 22.4 Å². The standard InChI is InChI=1S/C16H9F7O3/c1-2-25-15(24)10-13(19)11(17)9(12(18)14(10)20)7-4-3-5-8(6-7)26-16(21,22)23/h3-6H,2H2,1H3. The van der Waals surface area contributed by atoms with Crippen molar-refractivity contribution in [2.24, 2.45) is 0 Å². The topological polar surface area (TPSA) is 35.5 Å². The first kappa shape index (κ1) is 19.5. The Balaban J connectivity index is 2.62. The molecule has 0 N–H and O–H groups in total. The summed E-state index contributed by atoms with van der Waals surface area (Å²) in [4.78, 5) is 11.5. The third-order valence-corrected chi connectivity index (χ3v) is 3.10. The van der Waals surface area contributed by atoms with Crippen molar-refractivity contribution in [2.75, 3.05) is 6.61 Å². The van der Waals surface area contributed by atoms with Gasteiger partial charge in [0.05, 0.1) is 12.2 Å². The minimum Gasteiger partial charge on any atom is -0.462 e. The molecule has 0 heterocycles. The van der Waals surface area contributed by atoms with E-state index in [9.17, 15) is 35.5 Å². The summed E-state index contributed by atoms with van der Waals surface area (Å²) in [6.45, 7) is 1.00. The fraction of sp³-hybridized carbons (Fsp3) is 0.188. The van der Waals surface area contributed by atoms with Crippen molar-refractivity contribution in [1.29, 1.82) is 0 Å². The molecule has 0 aliphatic heterocycles. The highest BCUT2D eigenvalue weighted by atomic mass is 19.4. The predicted molar refractivity (Wildman–Crippen MR) is 74.3 cm³/mol. The predicted octanol–water partition coefficient (Wildman–Crippen LogP) is 4.99. The summed E-state index contributed by atoms with van der Waals surface area (Å²) in [6, 6.07) is 3.21. The molecule has 0 fully saturated rings. The van der Waals surface area contributed by atoms with E-state index in [1.54, 1.807) is 0 Å². The molecule has 0 saturated heterocycles. The molecule has 0 aliphatic rings. The minimum atomic E-state index is -5.08. The fourth-order valence-corrected chi connectivity index (χ4v) is 2.12. The van der Waals surface area contributed by atoms with E-state index >= 15 is 0 Å². The Bertz CT molecular complexity index is 817. The molecule has 0 spiro atoms. The number of carbonyl (C=O) groups excluding carboxylic acids is 1. The number of benzene rings is 2. The summed E-state index contributed by atoms with van der Waals surface area (Å²) in [5.74, 6) is -10.5. The summed E-state index contributed by atoms with van der Waals surface area (Å²) < 4.78 is 101. The van der Waals surface area contributed by atoms with Crippen LogP contribution in [-0.2, 0) is 4.74 Å². The van der Waals surface area contributed by atoms with Crippen molar-refractivity contribution in [1.82, 2.24) is 0 Å². The Kier molecular flexibility index (Phi) is 5.43. The summed E-state index contributed by atoms with van der Waals surface area (Å²) in [5.41, 5.74) is -3.50. The largest absolute Gasteiger partial charge is 0.573 e. The third-order valence-electron chi connectivity index (χ3n) is 3.10. The molecule has 26 heavy (non-hydrogen) atoms. The van der Waals surface area contributed by atoms with E-state index in [-0.39, 0.29) is 6.61 Å². The lowest BCUT2D eigenvalue weighted by Gasteiger charge is -2.13. The first-order valence-corrected chi connectivity index (χ1v) is 6.96. The molecule has 0 unspecified atom stereocenters. The van der Waals surface area contributed by atoms with Crippen LogP contribution in [-0.4, -0.2) is 18.9 Å². The van der Waals surface area contributed by atoms with Crippen LogP contribution in [0, 0.1) is 23.3 Å². The van der Waals surface area contributed by atoms with Crippen LogP contribution in [0.2, 0.25) is 0 Å². The van der Waals surface area contributed by atoms with E-state index in [4.69, 9.17) is 0 Å². The summed E-state index contributed by atoms with van der Waals surface area (Å²) in [7, 11) is 0. The molecule has 0 amide bonds. The number of hydrogen-bond donors (Lipinski definition) is 0. The molecule has 0 aromatic heterocycles. The van der Waals surface area contributed by atoms with Gasteiger partial charge in [-0.3, -0.25) is 0 Å². The molecular formula is C16H9F7O3. The third kappa shape index (κ3) is 3.89. The molecule has 2 rings (SSSR count). The number of rotatable bonds is 4. The smallest absolute Gasteiger partial charge is 0.462 e. The lowest BCUT2D eigenvalue weighted by atomic mass is 10.0. The van der Waals surface area contributed by atoms with Gasteiger partial charge in [0.2, 0.25) is 0 Å². The van der Waals surface area contributed by atoms with Gasteiger partial charge in [-0.15, -0.1) is 13.2 Å². The minimum absolute atomic E-state index is 0.306. The lowest BCUT2D eigenvalue weighted by Crippen LogP contribution is -2.17. The Morgan fingerprint density at radius 3 is 2.08 bits per heavy atom. The number of ether oxygens (including phenoxy) is 2. The number of halogens is 7. The van der Waals surface area contributed by atoms with Crippen LogP contribution in [0.15, 0.2) is 24.3 Å². The zero-order valence-electron chi connectivity index (χ0n) is 12.9. The van der Waals surface area contributed by atoms with E-state index in [2.05, 4.69) is 9.47 Å². The van der Waals surface area contributed by atoms with E-state index in [0.717, 1.165) is 18.2 Å². The van der Waals surface area contributed by atoms with Gasteiger partial charge < -0.3 is 9.47 Å². The van der Waals surface area contributed by atoms with Crippen LogP contribution in [0.5, 0.6) is 5.75 Å². The maximum Gasteiger partial charge on any atom is 0.573 e. The number of hydrogen-bond acceptors (Lipinski definition) is 3. The maximum absolute atomic E-state index is 14.2. The molecule has 10 heteroatoms. The number of alkyl halides is 3. The number of carbonyl (C=O) groups is 1. The van der Waals surface area contributed by atoms with Crippen LogP contribution in [0.25, 0.3) is 11.1 Å². The molecule has 3 nitrogen and oxygen atoms in total. The maximum atomic E-state index is 14.2. The van der Waals surface area contributed by atoms with E-state index in [1.807, 2.05) is 0 Å². The van der Waals surface area contributed by atoms with Crippen molar-refractivity contribution in [2.45, 2.75) is 13.3 Å². The van der Waals surface area contributed by atoms with Gasteiger partial charge in [0.25, 0.3) is 0 Å². The van der Waals surface area contributed by atoms with E-state index in [0.29, 0.717) is 6.07 Å². The first-order chi connectivity index (χ1) is 12.1. The normalized spacial score (nSPS) is 11.4. The first-order valence-electron chi connectivity index (χ1n) is 6.96. The number of esters is 1. The van der Waals surface area contributed by atoms with Crippen molar-refractivity contribution >= 4 is 5.97 Å². The van der Waals surface area contributed by atoms with Gasteiger partial charge in [-0.2, -0.15) is 0 Å². The highest BCUT2D eigenvalue weighted by Gasteiger charge is 2.33. The Hall–Kier alpha value is -2.78. The second-order valence-corrected chi connectivity index (χ2v) is 4.80. The lowest BCUT2D eigenvalue weighted by molar-refractivity contribution is -0.274. The average Bonchev–Trinajstić information content (AvgIpc) is 2.52. The highest BCUT2D eigenvalue weighted by Crippen LogP contribution is 2.35. The van der Waals surface area contributed by atoms with Crippen molar-refractivity contribution < 1.29 is 45.0 Å². The second kappa shape index (κ2) is 7.22. The molecule has 0 radical (unpaired) electrons. The molecule has 0 atom stereocenters. The fourth-order valence-electron chi connectivity index (χ4n) is 2.12. The van der Waals surface area contributed by atoms with Crippen molar-refractivity contribution in [3.8, 4) is 16.9 Å². The SMILES string of the molecule is CCOC(=O)c1c(F)c(F)c(-c2cccc(OC(F)(F)F)c2)c(F)c1F. The second-order valence-electron chi connectivity index (χ2n) is 4.80. The Morgan fingerprint density at radius 2 is 1.58 bits per heavy atom. The van der Waals surface area contributed by atoms with Crippen molar-refractivity contribution in [3.63, 3.8) is 0 Å². The highest BCUT2D eigenvalue weighted by molar-refractivity contribution is 5.91. The zero-order chi connectivity index (χ0) is 19.6. The van der Waals surface area contributed by atoms with Crippen LogP contribution in [0.4, 0.5) is 30.7 Å². The molecule has 0 saturated carbocycles.